The van der Waals surface area contributed by atoms with E-state index in [4.69, 9.17) is 0 Å². The van der Waals surface area contributed by atoms with Gasteiger partial charge in [0.2, 0.25) is 0 Å². The Hall–Kier alpha value is -0.980. The summed E-state index contributed by atoms with van der Waals surface area (Å²) in [6.45, 7) is 6.75. The Morgan fingerprint density at radius 1 is 1.31 bits per heavy atom. The molecule has 0 unspecified atom stereocenters. The number of fused-ring (bicyclic) bond motifs is 1. The Labute approximate surface area is 97.5 Å². The smallest absolute Gasteiger partial charge is 0.118 e. The predicted octanol–water partition coefficient (Wildman–Crippen LogP) is 3.78. The van der Waals surface area contributed by atoms with Gasteiger partial charge in [-0.25, -0.2) is 0 Å². The average Bonchev–Trinajstić information content (AvgIpc) is 2.85. The van der Waals surface area contributed by atoms with Gasteiger partial charge in [-0.1, -0.05) is 26.0 Å². The number of benzene rings is 1. The number of phenols is 1. The van der Waals surface area contributed by atoms with Crippen LogP contribution in [0.25, 0.3) is 0 Å². The molecule has 3 atom stereocenters. The third kappa shape index (κ3) is 1.07. The first-order valence-corrected chi connectivity index (χ1v) is 6.27. The first kappa shape index (κ1) is 10.2. The Balaban J connectivity index is 2.06. The van der Waals surface area contributed by atoms with Crippen LogP contribution in [0.4, 0.5) is 0 Å². The van der Waals surface area contributed by atoms with Gasteiger partial charge < -0.3 is 5.11 Å². The molecule has 0 saturated heterocycles. The SMILES string of the molecule is Cc1ccc([C@@]2(C)CC[C@@H]3C[C@@]32C)cc1O. The van der Waals surface area contributed by atoms with E-state index in [2.05, 4.69) is 26.0 Å². The molecule has 1 aromatic carbocycles. The van der Waals surface area contributed by atoms with Crippen molar-refractivity contribution in [1.29, 1.82) is 0 Å². The minimum absolute atomic E-state index is 0.281. The van der Waals surface area contributed by atoms with Gasteiger partial charge in [-0.05, 0) is 60.1 Å². The van der Waals surface area contributed by atoms with Crippen molar-refractivity contribution in [2.75, 3.05) is 0 Å². The Bertz CT molecular complexity index is 449. The van der Waals surface area contributed by atoms with Crippen molar-refractivity contribution in [3.8, 4) is 5.75 Å². The molecule has 1 N–H and O–H groups in total. The molecule has 86 valence electrons. The van der Waals surface area contributed by atoms with E-state index in [0.29, 0.717) is 11.2 Å². The number of rotatable bonds is 1. The molecule has 1 heteroatoms. The summed E-state index contributed by atoms with van der Waals surface area (Å²) in [5.74, 6) is 1.38. The van der Waals surface area contributed by atoms with E-state index >= 15 is 0 Å². The molecule has 2 saturated carbocycles. The molecular weight excluding hydrogens is 196 g/mol. The zero-order valence-corrected chi connectivity index (χ0v) is 10.4. The third-order valence-corrected chi connectivity index (χ3v) is 5.51. The number of aryl methyl sites for hydroxylation is 1. The molecule has 0 aromatic heterocycles. The number of hydrogen-bond donors (Lipinski definition) is 1. The molecule has 0 heterocycles. The second-order valence-corrected chi connectivity index (χ2v) is 6.19. The lowest BCUT2D eigenvalue weighted by atomic mass is 9.70. The van der Waals surface area contributed by atoms with Crippen molar-refractivity contribution in [2.24, 2.45) is 11.3 Å². The van der Waals surface area contributed by atoms with Crippen LogP contribution < -0.4 is 0 Å². The molecule has 1 nitrogen and oxygen atoms in total. The highest BCUT2D eigenvalue weighted by molar-refractivity contribution is 5.42. The van der Waals surface area contributed by atoms with Gasteiger partial charge in [0.05, 0.1) is 0 Å². The van der Waals surface area contributed by atoms with Crippen LogP contribution >= 0.6 is 0 Å². The van der Waals surface area contributed by atoms with Gasteiger partial charge in [0.1, 0.15) is 5.75 Å². The number of aromatic hydroxyl groups is 1. The summed E-state index contributed by atoms with van der Waals surface area (Å²) in [6.07, 6.45) is 4.01. The molecule has 0 spiro atoms. The predicted molar refractivity (Wildman–Crippen MR) is 65.6 cm³/mol. The monoisotopic (exact) mass is 216 g/mol. The van der Waals surface area contributed by atoms with E-state index in [0.717, 1.165) is 11.5 Å². The average molecular weight is 216 g/mol. The minimum Gasteiger partial charge on any atom is -0.508 e. The normalized spacial score (nSPS) is 40.8. The van der Waals surface area contributed by atoms with Crippen molar-refractivity contribution in [2.45, 2.75) is 45.4 Å². The second kappa shape index (κ2) is 2.82. The molecule has 0 amide bonds. The molecule has 2 aliphatic carbocycles. The van der Waals surface area contributed by atoms with Crippen molar-refractivity contribution < 1.29 is 5.11 Å². The molecule has 3 rings (SSSR count). The zero-order valence-electron chi connectivity index (χ0n) is 10.4. The van der Waals surface area contributed by atoms with Crippen LogP contribution in [-0.4, -0.2) is 5.11 Å². The lowest BCUT2D eigenvalue weighted by Gasteiger charge is -2.33. The summed E-state index contributed by atoms with van der Waals surface area (Å²) in [6, 6.07) is 6.25. The van der Waals surface area contributed by atoms with Gasteiger partial charge >= 0.3 is 0 Å². The molecule has 2 fully saturated rings. The van der Waals surface area contributed by atoms with E-state index in [1.165, 1.54) is 24.8 Å². The maximum Gasteiger partial charge on any atom is 0.118 e. The van der Waals surface area contributed by atoms with Crippen LogP contribution in [0.3, 0.4) is 0 Å². The Kier molecular flexibility index (Phi) is 1.80. The minimum atomic E-state index is 0.281. The lowest BCUT2D eigenvalue weighted by molar-refractivity contribution is 0.310. The van der Waals surface area contributed by atoms with Gasteiger partial charge in [-0.15, -0.1) is 0 Å². The van der Waals surface area contributed by atoms with E-state index in [-0.39, 0.29) is 5.41 Å². The van der Waals surface area contributed by atoms with Gasteiger partial charge in [0.15, 0.2) is 0 Å². The van der Waals surface area contributed by atoms with E-state index in [1.807, 2.05) is 13.0 Å². The Morgan fingerprint density at radius 2 is 2.06 bits per heavy atom. The number of hydrogen-bond acceptors (Lipinski definition) is 1. The largest absolute Gasteiger partial charge is 0.508 e. The third-order valence-electron chi connectivity index (χ3n) is 5.51. The standard InChI is InChI=1S/C15H20O/c1-10-4-5-11(8-13(10)16)14(2)7-6-12-9-15(12,14)3/h4-5,8,12,16H,6-7,9H2,1-3H3/t12-,14-,15+/m1/s1. The first-order chi connectivity index (χ1) is 7.47. The lowest BCUT2D eigenvalue weighted by Crippen LogP contribution is -2.28. The van der Waals surface area contributed by atoms with Crippen LogP contribution in [0.1, 0.15) is 44.2 Å². The van der Waals surface area contributed by atoms with Crippen molar-refractivity contribution in [3.05, 3.63) is 29.3 Å². The molecule has 1 aromatic rings. The van der Waals surface area contributed by atoms with Gasteiger partial charge in [-0.2, -0.15) is 0 Å². The van der Waals surface area contributed by atoms with Crippen LogP contribution in [0.2, 0.25) is 0 Å². The fraction of sp³-hybridized carbons (Fsp3) is 0.600. The molecule has 0 aliphatic heterocycles. The highest BCUT2D eigenvalue weighted by Gasteiger charge is 2.65. The molecule has 16 heavy (non-hydrogen) atoms. The van der Waals surface area contributed by atoms with E-state index in [1.54, 1.807) is 0 Å². The van der Waals surface area contributed by atoms with E-state index < -0.39 is 0 Å². The molecule has 0 bridgehead atoms. The maximum atomic E-state index is 9.86. The summed E-state index contributed by atoms with van der Waals surface area (Å²) in [5, 5.41) is 9.86. The summed E-state index contributed by atoms with van der Waals surface area (Å²) >= 11 is 0. The van der Waals surface area contributed by atoms with E-state index in [9.17, 15) is 5.11 Å². The number of phenolic OH excluding ortho intramolecular Hbond substituents is 1. The van der Waals surface area contributed by atoms with Crippen LogP contribution in [0.5, 0.6) is 5.75 Å². The fourth-order valence-corrected chi connectivity index (χ4v) is 3.72. The van der Waals surface area contributed by atoms with Gasteiger partial charge in [-0.3, -0.25) is 0 Å². The fourth-order valence-electron chi connectivity index (χ4n) is 3.72. The maximum absolute atomic E-state index is 9.86. The molecule has 0 radical (unpaired) electrons. The first-order valence-electron chi connectivity index (χ1n) is 6.27. The summed E-state index contributed by atoms with van der Waals surface area (Å²) in [7, 11) is 0. The quantitative estimate of drug-likeness (QED) is 0.757. The summed E-state index contributed by atoms with van der Waals surface area (Å²) < 4.78 is 0. The molecular formula is C15H20O. The zero-order chi connectivity index (χ0) is 11.6. The molecule has 2 aliphatic rings. The van der Waals surface area contributed by atoms with Crippen LogP contribution in [-0.2, 0) is 5.41 Å². The van der Waals surface area contributed by atoms with Crippen molar-refractivity contribution >= 4 is 0 Å². The van der Waals surface area contributed by atoms with Gasteiger partial charge in [0, 0.05) is 0 Å². The topological polar surface area (TPSA) is 20.2 Å². The highest BCUT2D eigenvalue weighted by Crippen LogP contribution is 2.72. The summed E-state index contributed by atoms with van der Waals surface area (Å²) in [5.41, 5.74) is 3.08. The van der Waals surface area contributed by atoms with Crippen molar-refractivity contribution in [3.63, 3.8) is 0 Å². The van der Waals surface area contributed by atoms with Crippen molar-refractivity contribution in [1.82, 2.24) is 0 Å². The van der Waals surface area contributed by atoms with Crippen LogP contribution in [0.15, 0.2) is 18.2 Å². The Morgan fingerprint density at radius 3 is 2.56 bits per heavy atom. The van der Waals surface area contributed by atoms with Gasteiger partial charge in [0.25, 0.3) is 0 Å². The van der Waals surface area contributed by atoms with Crippen LogP contribution in [0, 0.1) is 18.3 Å². The highest BCUT2D eigenvalue weighted by atomic mass is 16.3. The second-order valence-electron chi connectivity index (χ2n) is 6.19. The summed E-state index contributed by atoms with van der Waals surface area (Å²) in [4.78, 5) is 0.